The Morgan fingerprint density at radius 1 is 1.14 bits per heavy atom. The quantitative estimate of drug-likeness (QED) is 0.177. The average molecular weight is 569 g/mol. The molecule has 0 bridgehead atoms. The molecule has 3 aromatic rings. The number of aliphatic hydroxyl groups excluding tert-OH is 1. The van der Waals surface area contributed by atoms with Gasteiger partial charge in [0.25, 0.3) is 0 Å². The second-order valence-corrected chi connectivity index (χ2v) is 8.76. The van der Waals surface area contributed by atoms with Crippen LogP contribution in [0.25, 0.3) is 10.9 Å². The predicted octanol–water partition coefficient (Wildman–Crippen LogP) is 8.77. The van der Waals surface area contributed by atoms with E-state index < -0.39 is 28.9 Å². The third kappa shape index (κ3) is 7.40. The normalized spacial score (nSPS) is 11.9. The molecule has 0 amide bonds. The lowest BCUT2D eigenvalue weighted by atomic mass is 9.98. The van der Waals surface area contributed by atoms with E-state index >= 15 is 0 Å². The number of alkyl halides is 3. The molecule has 0 saturated carbocycles. The Morgan fingerprint density at radius 2 is 1.72 bits per heavy atom. The van der Waals surface area contributed by atoms with Crippen LogP contribution in [0.3, 0.4) is 0 Å². The minimum absolute atomic E-state index is 0.116. The van der Waals surface area contributed by atoms with Gasteiger partial charge in [-0.15, -0.1) is 0 Å². The zero-order chi connectivity index (χ0) is 27.8. The number of carbonyl (C=O) groups is 1. The van der Waals surface area contributed by atoms with E-state index in [2.05, 4.69) is 12.6 Å². The fraction of sp³-hybridized carbons (Fsp3) is 0.423. The lowest BCUT2D eigenvalue weighted by molar-refractivity contribution is -0.140. The van der Waals surface area contributed by atoms with Crippen molar-refractivity contribution in [2.24, 2.45) is 0 Å². The first kappa shape index (κ1) is 32.3. The Kier molecular flexibility index (Phi) is 12.8. The highest BCUT2D eigenvalue weighted by atomic mass is 35.5. The van der Waals surface area contributed by atoms with Crippen LogP contribution in [0.2, 0.25) is 10.0 Å². The molecule has 0 aliphatic heterocycles. The summed E-state index contributed by atoms with van der Waals surface area (Å²) in [6.45, 7) is 7.93. The molecule has 0 radical (unpaired) electrons. The maximum Gasteiger partial charge on any atom is 0.419 e. The van der Waals surface area contributed by atoms with Crippen molar-refractivity contribution in [1.29, 1.82) is 0 Å². The summed E-state index contributed by atoms with van der Waals surface area (Å²) < 4.78 is 55.6. The molecule has 3 rings (SSSR count). The highest BCUT2D eigenvalue weighted by Gasteiger charge is 2.36. The second-order valence-electron chi connectivity index (χ2n) is 7.97. The standard InChI is InChI=1S/C21H17Cl2F4NO.C4H10O.CH4S/c1-3-4-10-28-11(2)16(12-8-9-15(22)17(23)19(12)28)20(29)13-6-5-7-14(18(13)24)21(25,26)27;1-3-4(2)5;1-2/h5-9H,3-4,10H2,1-2H3;4-5H,3H2,1-2H3;2H,1H3. The number of carbonyl (C=O) groups excluding carboxylic acids is 1. The third-order valence-electron chi connectivity index (χ3n) is 5.48. The van der Waals surface area contributed by atoms with Crippen molar-refractivity contribution in [2.75, 3.05) is 6.26 Å². The van der Waals surface area contributed by atoms with Crippen LogP contribution in [0.4, 0.5) is 17.6 Å². The van der Waals surface area contributed by atoms with Crippen LogP contribution in [-0.4, -0.2) is 27.8 Å². The van der Waals surface area contributed by atoms with Crippen LogP contribution in [0.1, 0.15) is 67.2 Å². The van der Waals surface area contributed by atoms with Gasteiger partial charge in [0, 0.05) is 17.6 Å². The number of thiol groups is 1. The van der Waals surface area contributed by atoms with Crippen molar-refractivity contribution in [3.63, 3.8) is 0 Å². The van der Waals surface area contributed by atoms with Gasteiger partial charge in [0.05, 0.1) is 38.4 Å². The van der Waals surface area contributed by atoms with Crippen molar-refractivity contribution >= 4 is 52.5 Å². The second kappa shape index (κ2) is 14.3. The molecule has 2 aromatic carbocycles. The largest absolute Gasteiger partial charge is 0.419 e. The SMILES string of the molecule is CCC(C)O.CCCCn1c(C)c(C(=O)c2cccc(C(F)(F)F)c2F)c2ccc(Cl)c(Cl)c21.CS. The zero-order valence-electron chi connectivity index (χ0n) is 20.8. The maximum atomic E-state index is 14.6. The summed E-state index contributed by atoms with van der Waals surface area (Å²) in [6, 6.07) is 5.78. The molecule has 1 N–H and O–H groups in total. The number of nitrogens with zero attached hydrogens (tertiary/aromatic N) is 1. The number of aryl methyl sites for hydroxylation is 1. The molecule has 10 heteroatoms. The smallest absolute Gasteiger partial charge is 0.393 e. The van der Waals surface area contributed by atoms with Crippen LogP contribution in [0.15, 0.2) is 30.3 Å². The summed E-state index contributed by atoms with van der Waals surface area (Å²) in [5.41, 5.74) is -0.978. The number of unbranched alkanes of at least 4 members (excludes halogenated alkanes) is 1. The van der Waals surface area contributed by atoms with Gasteiger partial charge < -0.3 is 9.67 Å². The zero-order valence-corrected chi connectivity index (χ0v) is 23.2. The van der Waals surface area contributed by atoms with Crippen molar-refractivity contribution in [1.82, 2.24) is 4.57 Å². The monoisotopic (exact) mass is 567 g/mol. The molecule has 3 nitrogen and oxygen atoms in total. The molecule has 1 aromatic heterocycles. The molecular formula is C26H31Cl2F4NO2S. The molecule has 0 saturated heterocycles. The molecule has 0 fully saturated rings. The molecular weight excluding hydrogens is 537 g/mol. The first-order chi connectivity index (χ1) is 16.9. The average Bonchev–Trinajstić information content (AvgIpc) is 3.12. The van der Waals surface area contributed by atoms with E-state index in [1.165, 1.54) is 6.07 Å². The molecule has 0 aliphatic rings. The molecule has 200 valence electrons. The first-order valence-electron chi connectivity index (χ1n) is 11.4. The van der Waals surface area contributed by atoms with Crippen molar-refractivity contribution in [3.8, 4) is 0 Å². The topological polar surface area (TPSA) is 42.2 Å². The van der Waals surface area contributed by atoms with Crippen molar-refractivity contribution < 1.29 is 27.5 Å². The number of aromatic nitrogens is 1. The summed E-state index contributed by atoms with van der Waals surface area (Å²) in [7, 11) is 0. The van der Waals surface area contributed by atoms with Crippen LogP contribution < -0.4 is 0 Å². The number of hydrogen-bond donors (Lipinski definition) is 2. The van der Waals surface area contributed by atoms with Gasteiger partial charge in [-0.2, -0.15) is 25.8 Å². The first-order valence-corrected chi connectivity index (χ1v) is 13.0. The summed E-state index contributed by atoms with van der Waals surface area (Å²) in [4.78, 5) is 13.2. The van der Waals surface area contributed by atoms with E-state index in [0.717, 1.165) is 31.4 Å². The Balaban J connectivity index is 0.000000826. The van der Waals surface area contributed by atoms with Crippen molar-refractivity contribution in [2.45, 2.75) is 65.8 Å². The lowest BCUT2D eigenvalue weighted by Crippen LogP contribution is -2.13. The summed E-state index contributed by atoms with van der Waals surface area (Å²) in [5, 5.41) is 9.32. The van der Waals surface area contributed by atoms with Crippen LogP contribution in [-0.2, 0) is 12.7 Å². The molecule has 1 atom stereocenters. The molecule has 1 heterocycles. The van der Waals surface area contributed by atoms with E-state index in [1.54, 1.807) is 26.2 Å². The van der Waals surface area contributed by atoms with Gasteiger partial charge in [0.15, 0.2) is 5.78 Å². The summed E-state index contributed by atoms with van der Waals surface area (Å²) in [6.07, 6.45) is -0.793. The van der Waals surface area contributed by atoms with E-state index in [-0.39, 0.29) is 16.7 Å². The highest BCUT2D eigenvalue weighted by Crippen LogP contribution is 2.38. The minimum Gasteiger partial charge on any atom is -0.393 e. The van der Waals surface area contributed by atoms with E-state index in [4.69, 9.17) is 28.3 Å². The van der Waals surface area contributed by atoms with Gasteiger partial charge in [-0.05, 0) is 51.1 Å². The summed E-state index contributed by atoms with van der Waals surface area (Å²) in [5.74, 6) is -2.41. The van der Waals surface area contributed by atoms with Gasteiger partial charge in [0.1, 0.15) is 5.82 Å². The number of ketones is 1. The highest BCUT2D eigenvalue weighted by molar-refractivity contribution is 7.79. The number of halogens is 6. The molecule has 0 aliphatic carbocycles. The fourth-order valence-electron chi connectivity index (χ4n) is 3.45. The van der Waals surface area contributed by atoms with E-state index in [9.17, 15) is 22.4 Å². The number of fused-ring (bicyclic) bond motifs is 1. The third-order valence-corrected chi connectivity index (χ3v) is 6.27. The predicted molar refractivity (Wildman–Crippen MR) is 143 cm³/mol. The van der Waals surface area contributed by atoms with Gasteiger partial charge in [-0.3, -0.25) is 4.79 Å². The fourth-order valence-corrected chi connectivity index (χ4v) is 3.87. The van der Waals surface area contributed by atoms with E-state index in [0.29, 0.717) is 34.2 Å². The van der Waals surface area contributed by atoms with Crippen LogP contribution in [0, 0.1) is 12.7 Å². The van der Waals surface area contributed by atoms with E-state index in [1.807, 2.05) is 18.4 Å². The minimum atomic E-state index is -4.90. The summed E-state index contributed by atoms with van der Waals surface area (Å²) >= 11 is 16.0. The maximum absolute atomic E-state index is 14.6. The van der Waals surface area contributed by atoms with Gasteiger partial charge in [-0.1, -0.05) is 55.6 Å². The van der Waals surface area contributed by atoms with Crippen molar-refractivity contribution in [3.05, 3.63) is 68.6 Å². The lowest BCUT2D eigenvalue weighted by Gasteiger charge is -2.11. The van der Waals surface area contributed by atoms with Gasteiger partial charge >= 0.3 is 6.18 Å². The van der Waals surface area contributed by atoms with Crippen LogP contribution in [0.5, 0.6) is 0 Å². The number of rotatable bonds is 6. The van der Waals surface area contributed by atoms with Crippen LogP contribution >= 0.6 is 35.8 Å². The Morgan fingerprint density at radius 3 is 2.22 bits per heavy atom. The van der Waals surface area contributed by atoms with Gasteiger partial charge in [0.2, 0.25) is 0 Å². The Labute approximate surface area is 224 Å². The Bertz CT molecular complexity index is 1180. The number of benzene rings is 2. The Hall–Kier alpha value is -1.74. The molecule has 1 unspecified atom stereocenters. The molecule has 36 heavy (non-hydrogen) atoms. The number of aliphatic hydroxyl groups is 1. The molecule has 0 spiro atoms. The number of hydrogen-bond acceptors (Lipinski definition) is 3. The van der Waals surface area contributed by atoms with Gasteiger partial charge in [-0.25, -0.2) is 4.39 Å².